The van der Waals surface area contributed by atoms with E-state index in [2.05, 4.69) is 20.9 Å². The Morgan fingerprint density at radius 1 is 1.62 bits per heavy atom. The van der Waals surface area contributed by atoms with Crippen molar-refractivity contribution in [3.63, 3.8) is 0 Å². The van der Waals surface area contributed by atoms with Crippen LogP contribution in [0.3, 0.4) is 0 Å². The molecule has 1 N–H and O–H groups in total. The molecule has 1 aliphatic rings. The van der Waals surface area contributed by atoms with Crippen LogP contribution in [0.1, 0.15) is 12.0 Å². The molecule has 1 atom stereocenters. The lowest BCUT2D eigenvalue weighted by Crippen LogP contribution is -2.26. The van der Waals surface area contributed by atoms with E-state index >= 15 is 0 Å². The number of hydrogen-bond acceptors (Lipinski definition) is 3. The molecule has 4 nitrogen and oxygen atoms in total. The first-order valence-electron chi connectivity index (χ1n) is 5.16. The van der Waals surface area contributed by atoms with Gasteiger partial charge in [-0.2, -0.15) is 0 Å². The molecule has 0 aromatic carbocycles. The summed E-state index contributed by atoms with van der Waals surface area (Å²) >= 11 is 3.40. The molecule has 0 radical (unpaired) electrons. The van der Waals surface area contributed by atoms with Gasteiger partial charge in [0.2, 0.25) is 5.91 Å². The maximum Gasteiger partial charge on any atom is 0.227 e. The fourth-order valence-electron chi connectivity index (χ4n) is 1.91. The van der Waals surface area contributed by atoms with Crippen molar-refractivity contribution in [2.24, 2.45) is 5.92 Å². The van der Waals surface area contributed by atoms with Gasteiger partial charge in [0.05, 0.1) is 18.5 Å². The van der Waals surface area contributed by atoms with Gasteiger partial charge < -0.3 is 10.0 Å². The number of aromatic nitrogens is 1. The van der Waals surface area contributed by atoms with Gasteiger partial charge in [-0.3, -0.25) is 9.78 Å². The summed E-state index contributed by atoms with van der Waals surface area (Å²) in [4.78, 5) is 17.5. The first-order chi connectivity index (χ1) is 7.76. The third-order valence-electron chi connectivity index (χ3n) is 2.77. The standard InChI is InChI=1S/C11H13BrN2O2/c12-4-8-3-11(16)14(6-8)10-5-13-2-1-9(10)7-15/h1-2,5,8,15H,3-4,6-7H2. The second-order valence-corrected chi connectivity index (χ2v) is 4.54. The molecule has 0 bridgehead atoms. The molecular weight excluding hydrogens is 272 g/mol. The maximum atomic E-state index is 11.8. The average Bonchev–Trinajstić information content (AvgIpc) is 2.70. The summed E-state index contributed by atoms with van der Waals surface area (Å²) in [5, 5.41) is 10.0. The molecule has 1 fully saturated rings. The van der Waals surface area contributed by atoms with Crippen molar-refractivity contribution >= 4 is 27.5 Å². The van der Waals surface area contributed by atoms with Crippen molar-refractivity contribution in [1.29, 1.82) is 0 Å². The van der Waals surface area contributed by atoms with Gasteiger partial charge in [-0.15, -0.1) is 0 Å². The average molecular weight is 285 g/mol. The Bertz CT molecular complexity index is 397. The van der Waals surface area contributed by atoms with Gasteiger partial charge in [0.15, 0.2) is 0 Å². The molecule has 2 heterocycles. The monoisotopic (exact) mass is 284 g/mol. The van der Waals surface area contributed by atoms with Crippen LogP contribution in [0, 0.1) is 5.92 Å². The second kappa shape index (κ2) is 4.93. The van der Waals surface area contributed by atoms with Crippen molar-refractivity contribution in [3.8, 4) is 0 Å². The number of nitrogens with zero attached hydrogens (tertiary/aromatic N) is 2. The fourth-order valence-corrected chi connectivity index (χ4v) is 2.34. The van der Waals surface area contributed by atoms with Crippen LogP contribution in [-0.2, 0) is 11.4 Å². The highest BCUT2D eigenvalue weighted by molar-refractivity contribution is 9.09. The predicted octanol–water partition coefficient (Wildman–Crippen LogP) is 1.32. The Morgan fingerprint density at radius 3 is 3.06 bits per heavy atom. The summed E-state index contributed by atoms with van der Waals surface area (Å²) in [5.74, 6) is 0.450. The number of alkyl halides is 1. The van der Waals surface area contributed by atoms with Gasteiger partial charge in [-0.25, -0.2) is 0 Å². The van der Waals surface area contributed by atoms with Gasteiger partial charge in [0, 0.05) is 30.1 Å². The summed E-state index contributed by atoms with van der Waals surface area (Å²) in [6, 6.07) is 1.74. The minimum atomic E-state index is -0.0688. The molecule has 0 spiro atoms. The van der Waals surface area contributed by atoms with Crippen LogP contribution >= 0.6 is 15.9 Å². The zero-order chi connectivity index (χ0) is 11.5. The topological polar surface area (TPSA) is 53.4 Å². The summed E-state index contributed by atoms with van der Waals surface area (Å²) in [6.45, 7) is 0.628. The Kier molecular flexibility index (Phi) is 3.56. The van der Waals surface area contributed by atoms with Crippen LogP contribution in [0.5, 0.6) is 0 Å². The third-order valence-corrected chi connectivity index (χ3v) is 3.69. The largest absolute Gasteiger partial charge is 0.392 e. The highest BCUT2D eigenvalue weighted by atomic mass is 79.9. The molecule has 2 rings (SSSR count). The second-order valence-electron chi connectivity index (χ2n) is 3.89. The number of rotatable bonds is 3. The van der Waals surface area contributed by atoms with Crippen LogP contribution in [0.25, 0.3) is 0 Å². The Labute approximate surface area is 102 Å². The number of aliphatic hydroxyl groups excluding tert-OH is 1. The quantitative estimate of drug-likeness (QED) is 0.852. The number of aliphatic hydroxyl groups is 1. The first kappa shape index (κ1) is 11.5. The molecule has 0 aliphatic carbocycles. The molecule has 5 heteroatoms. The normalized spacial score (nSPS) is 20.5. The summed E-state index contributed by atoms with van der Waals surface area (Å²) in [7, 11) is 0. The maximum absolute atomic E-state index is 11.8. The SMILES string of the molecule is O=C1CC(CBr)CN1c1cnccc1CO. The zero-order valence-corrected chi connectivity index (χ0v) is 10.4. The Morgan fingerprint density at radius 2 is 2.44 bits per heavy atom. The van der Waals surface area contributed by atoms with E-state index in [1.54, 1.807) is 23.4 Å². The van der Waals surface area contributed by atoms with Gasteiger partial charge in [-0.1, -0.05) is 15.9 Å². The zero-order valence-electron chi connectivity index (χ0n) is 8.77. The van der Waals surface area contributed by atoms with E-state index < -0.39 is 0 Å². The van der Waals surface area contributed by atoms with E-state index in [1.807, 2.05) is 0 Å². The highest BCUT2D eigenvalue weighted by Crippen LogP contribution is 2.28. The summed E-state index contributed by atoms with van der Waals surface area (Å²) in [5.41, 5.74) is 1.48. The number of amides is 1. The van der Waals surface area contributed by atoms with Gasteiger partial charge in [0.1, 0.15) is 0 Å². The molecule has 1 amide bonds. The number of carbonyl (C=O) groups is 1. The van der Waals surface area contributed by atoms with Crippen LogP contribution in [0.15, 0.2) is 18.5 Å². The van der Waals surface area contributed by atoms with Crippen molar-refractivity contribution in [2.45, 2.75) is 13.0 Å². The number of hydrogen-bond donors (Lipinski definition) is 1. The Hall–Kier alpha value is -0.940. The number of anilines is 1. The first-order valence-corrected chi connectivity index (χ1v) is 6.28. The molecule has 1 unspecified atom stereocenters. The lowest BCUT2D eigenvalue weighted by Gasteiger charge is -2.18. The predicted molar refractivity (Wildman–Crippen MR) is 64.4 cm³/mol. The molecule has 86 valence electrons. The lowest BCUT2D eigenvalue weighted by molar-refractivity contribution is -0.117. The van der Waals surface area contributed by atoms with Gasteiger partial charge >= 0.3 is 0 Å². The van der Waals surface area contributed by atoms with E-state index in [1.165, 1.54) is 0 Å². The van der Waals surface area contributed by atoms with E-state index in [9.17, 15) is 9.90 Å². The van der Waals surface area contributed by atoms with E-state index in [0.717, 1.165) is 16.6 Å². The van der Waals surface area contributed by atoms with Crippen LogP contribution in [0.2, 0.25) is 0 Å². The van der Waals surface area contributed by atoms with Gasteiger partial charge in [0.25, 0.3) is 0 Å². The van der Waals surface area contributed by atoms with E-state index in [0.29, 0.717) is 18.9 Å². The molecule has 1 saturated heterocycles. The highest BCUT2D eigenvalue weighted by Gasteiger charge is 2.30. The van der Waals surface area contributed by atoms with Gasteiger partial charge in [-0.05, 0) is 12.0 Å². The van der Waals surface area contributed by atoms with E-state index in [4.69, 9.17) is 0 Å². The van der Waals surface area contributed by atoms with Crippen LogP contribution < -0.4 is 4.90 Å². The number of carbonyl (C=O) groups excluding carboxylic acids is 1. The minimum Gasteiger partial charge on any atom is -0.392 e. The number of pyridine rings is 1. The van der Waals surface area contributed by atoms with Crippen LogP contribution in [0.4, 0.5) is 5.69 Å². The molecule has 0 saturated carbocycles. The van der Waals surface area contributed by atoms with Crippen molar-refractivity contribution < 1.29 is 9.90 Å². The summed E-state index contributed by atoms with van der Waals surface area (Å²) < 4.78 is 0. The number of halogens is 1. The molecule has 16 heavy (non-hydrogen) atoms. The molecule has 1 aliphatic heterocycles. The van der Waals surface area contributed by atoms with Crippen molar-refractivity contribution in [2.75, 3.05) is 16.8 Å². The van der Waals surface area contributed by atoms with Crippen molar-refractivity contribution in [1.82, 2.24) is 4.98 Å². The molecule has 1 aromatic heterocycles. The summed E-state index contributed by atoms with van der Waals surface area (Å²) in [6.07, 6.45) is 3.82. The Balaban J connectivity index is 2.27. The third kappa shape index (κ3) is 2.10. The van der Waals surface area contributed by atoms with Crippen LogP contribution in [-0.4, -0.2) is 27.9 Å². The minimum absolute atomic E-state index is 0.0688. The smallest absolute Gasteiger partial charge is 0.227 e. The fraction of sp³-hybridized carbons (Fsp3) is 0.455. The molecular formula is C11H13BrN2O2. The molecule has 1 aromatic rings. The van der Waals surface area contributed by atoms with Crippen molar-refractivity contribution in [3.05, 3.63) is 24.0 Å². The lowest BCUT2D eigenvalue weighted by atomic mass is 10.2. The van der Waals surface area contributed by atoms with E-state index in [-0.39, 0.29) is 12.5 Å².